The second kappa shape index (κ2) is 8.95. The molecule has 0 aliphatic carbocycles. The maximum Gasteiger partial charge on any atom is 0.261 e. The fourth-order valence-corrected chi connectivity index (χ4v) is 4.17. The molecule has 0 heterocycles. The van der Waals surface area contributed by atoms with Crippen molar-refractivity contribution in [1.29, 1.82) is 0 Å². The van der Waals surface area contributed by atoms with E-state index in [1.165, 1.54) is 37.4 Å². The molecule has 0 saturated carbocycles. The van der Waals surface area contributed by atoms with E-state index in [1.807, 2.05) is 6.92 Å². The second-order valence-corrected chi connectivity index (χ2v) is 8.94. The van der Waals surface area contributed by atoms with Gasteiger partial charge in [-0.1, -0.05) is 40.9 Å². The van der Waals surface area contributed by atoms with Crippen LogP contribution in [0.25, 0.3) is 0 Å². The van der Waals surface area contributed by atoms with E-state index in [2.05, 4.69) is 10.0 Å². The predicted octanol–water partition coefficient (Wildman–Crippen LogP) is 5.36. The molecule has 156 valence electrons. The van der Waals surface area contributed by atoms with Crippen LogP contribution in [-0.4, -0.2) is 21.4 Å². The van der Waals surface area contributed by atoms with E-state index in [9.17, 15) is 13.2 Å². The van der Waals surface area contributed by atoms with Gasteiger partial charge in [0.25, 0.3) is 15.9 Å². The number of benzene rings is 3. The van der Waals surface area contributed by atoms with Crippen LogP contribution in [0.5, 0.6) is 5.75 Å². The number of anilines is 2. The van der Waals surface area contributed by atoms with E-state index >= 15 is 0 Å². The molecule has 0 saturated heterocycles. The summed E-state index contributed by atoms with van der Waals surface area (Å²) in [6.07, 6.45) is 0. The molecule has 0 aliphatic heterocycles. The van der Waals surface area contributed by atoms with Crippen LogP contribution in [0.3, 0.4) is 0 Å². The van der Waals surface area contributed by atoms with Crippen molar-refractivity contribution < 1.29 is 17.9 Å². The number of ether oxygens (including phenoxy) is 1. The van der Waals surface area contributed by atoms with Crippen molar-refractivity contribution in [2.45, 2.75) is 11.8 Å². The molecule has 6 nitrogen and oxygen atoms in total. The van der Waals surface area contributed by atoms with Crippen LogP contribution in [-0.2, 0) is 10.0 Å². The van der Waals surface area contributed by atoms with Crippen LogP contribution in [0.4, 0.5) is 11.4 Å². The summed E-state index contributed by atoms with van der Waals surface area (Å²) in [4.78, 5) is 12.7. The molecule has 3 aromatic carbocycles. The van der Waals surface area contributed by atoms with Crippen molar-refractivity contribution in [2.75, 3.05) is 17.1 Å². The quantitative estimate of drug-likeness (QED) is 0.513. The Bertz CT molecular complexity index is 1200. The number of sulfonamides is 1. The molecule has 2 N–H and O–H groups in total. The number of amides is 1. The van der Waals surface area contributed by atoms with Gasteiger partial charge in [0, 0.05) is 10.6 Å². The molecule has 0 radical (unpaired) electrons. The Morgan fingerprint density at radius 1 is 0.933 bits per heavy atom. The lowest BCUT2D eigenvalue weighted by Crippen LogP contribution is -2.15. The average molecular weight is 465 g/mol. The summed E-state index contributed by atoms with van der Waals surface area (Å²) in [5.74, 6) is -0.00765. The zero-order valence-corrected chi connectivity index (χ0v) is 18.4. The Kier molecular flexibility index (Phi) is 6.55. The normalized spacial score (nSPS) is 11.1. The Hall–Kier alpha value is -2.74. The predicted molar refractivity (Wildman–Crippen MR) is 119 cm³/mol. The van der Waals surface area contributed by atoms with Crippen molar-refractivity contribution in [1.82, 2.24) is 0 Å². The molecular weight excluding hydrogens is 447 g/mol. The fourth-order valence-electron chi connectivity index (χ4n) is 2.63. The van der Waals surface area contributed by atoms with Gasteiger partial charge in [0.1, 0.15) is 5.75 Å². The molecule has 0 spiro atoms. The van der Waals surface area contributed by atoms with E-state index in [-0.39, 0.29) is 21.2 Å². The Balaban J connectivity index is 1.80. The van der Waals surface area contributed by atoms with Crippen molar-refractivity contribution in [3.05, 3.63) is 81.8 Å². The zero-order chi connectivity index (χ0) is 21.9. The highest BCUT2D eigenvalue weighted by Crippen LogP contribution is 2.30. The number of rotatable bonds is 6. The molecule has 9 heteroatoms. The highest BCUT2D eigenvalue weighted by molar-refractivity contribution is 7.92. The van der Waals surface area contributed by atoms with Crippen LogP contribution >= 0.6 is 23.2 Å². The maximum absolute atomic E-state index is 12.6. The average Bonchev–Trinajstić information content (AvgIpc) is 2.70. The van der Waals surface area contributed by atoms with E-state index in [0.29, 0.717) is 16.5 Å². The first kappa shape index (κ1) is 22.0. The number of carbonyl (C=O) groups is 1. The van der Waals surface area contributed by atoms with Gasteiger partial charge in [-0.25, -0.2) is 8.42 Å². The molecule has 3 rings (SSSR count). The van der Waals surface area contributed by atoms with E-state index in [1.54, 1.807) is 30.3 Å². The van der Waals surface area contributed by atoms with E-state index < -0.39 is 15.9 Å². The number of hydrogen-bond acceptors (Lipinski definition) is 4. The molecule has 0 aliphatic rings. The molecule has 1 amide bonds. The minimum absolute atomic E-state index is 0.0800. The number of halogens is 2. The first-order chi connectivity index (χ1) is 14.2. The lowest BCUT2D eigenvalue weighted by atomic mass is 10.2. The third kappa shape index (κ3) is 5.05. The Morgan fingerprint density at radius 3 is 2.27 bits per heavy atom. The molecule has 3 aromatic rings. The second-order valence-electron chi connectivity index (χ2n) is 6.41. The smallest absolute Gasteiger partial charge is 0.261 e. The van der Waals surface area contributed by atoms with Crippen LogP contribution in [0, 0.1) is 6.92 Å². The summed E-state index contributed by atoms with van der Waals surface area (Å²) in [5, 5.41) is 3.21. The number of methoxy groups -OCH3 is 1. The summed E-state index contributed by atoms with van der Waals surface area (Å²) < 4.78 is 32.7. The fraction of sp³-hybridized carbons (Fsp3) is 0.0952. The summed E-state index contributed by atoms with van der Waals surface area (Å²) in [6.45, 7) is 1.86. The van der Waals surface area contributed by atoms with Gasteiger partial charge in [0.15, 0.2) is 0 Å². The monoisotopic (exact) mass is 464 g/mol. The summed E-state index contributed by atoms with van der Waals surface area (Å²) in [6, 6.07) is 15.5. The minimum atomic E-state index is -3.81. The standard InChI is InChI=1S/C21H18Cl2N2O4S/c1-13-3-7-16(8-4-13)30(27,28)25-18-9-5-14(11-17(18)23)21(26)24-19-12-15(22)6-10-20(19)29-2/h3-12,25H,1-2H3,(H,24,26). The van der Waals surface area contributed by atoms with Crippen molar-refractivity contribution >= 4 is 50.5 Å². The topological polar surface area (TPSA) is 84.5 Å². The van der Waals surface area contributed by atoms with Crippen molar-refractivity contribution in [2.24, 2.45) is 0 Å². The van der Waals surface area contributed by atoms with Crippen LogP contribution in [0.1, 0.15) is 15.9 Å². The third-order valence-electron chi connectivity index (χ3n) is 4.22. The van der Waals surface area contributed by atoms with E-state index in [4.69, 9.17) is 27.9 Å². The lowest BCUT2D eigenvalue weighted by molar-refractivity contribution is 0.102. The van der Waals surface area contributed by atoms with Gasteiger partial charge in [-0.3, -0.25) is 9.52 Å². The SMILES string of the molecule is COc1ccc(Cl)cc1NC(=O)c1ccc(NS(=O)(=O)c2ccc(C)cc2)c(Cl)c1. The summed E-state index contributed by atoms with van der Waals surface area (Å²) in [5.41, 5.74) is 1.74. The number of carbonyl (C=O) groups excluding carboxylic acids is 1. The van der Waals surface area contributed by atoms with Crippen molar-refractivity contribution in [3.63, 3.8) is 0 Å². The molecule has 0 fully saturated rings. The van der Waals surface area contributed by atoms with Crippen LogP contribution in [0.15, 0.2) is 65.6 Å². The number of hydrogen-bond donors (Lipinski definition) is 2. The molecular formula is C21H18Cl2N2O4S. The third-order valence-corrected chi connectivity index (χ3v) is 6.15. The summed E-state index contributed by atoms with van der Waals surface area (Å²) in [7, 11) is -2.34. The number of nitrogens with one attached hydrogen (secondary N) is 2. The highest BCUT2D eigenvalue weighted by atomic mass is 35.5. The first-order valence-corrected chi connectivity index (χ1v) is 11.0. The molecule has 0 bridgehead atoms. The van der Waals surface area contributed by atoms with Crippen LogP contribution < -0.4 is 14.8 Å². The van der Waals surface area contributed by atoms with Gasteiger partial charge in [-0.05, 0) is 55.5 Å². The van der Waals surface area contributed by atoms with Gasteiger partial charge in [-0.2, -0.15) is 0 Å². The highest BCUT2D eigenvalue weighted by Gasteiger charge is 2.17. The largest absolute Gasteiger partial charge is 0.495 e. The van der Waals surface area contributed by atoms with Crippen LogP contribution in [0.2, 0.25) is 10.0 Å². The Labute approximate surface area is 184 Å². The summed E-state index contributed by atoms with van der Waals surface area (Å²) >= 11 is 12.2. The van der Waals surface area contributed by atoms with Gasteiger partial charge in [0.05, 0.1) is 28.4 Å². The van der Waals surface area contributed by atoms with Gasteiger partial charge in [0.2, 0.25) is 0 Å². The number of aryl methyl sites for hydroxylation is 1. The van der Waals surface area contributed by atoms with E-state index in [0.717, 1.165) is 5.56 Å². The molecule has 0 unspecified atom stereocenters. The molecule has 0 aromatic heterocycles. The lowest BCUT2D eigenvalue weighted by Gasteiger charge is -2.13. The van der Waals surface area contributed by atoms with Gasteiger partial charge in [-0.15, -0.1) is 0 Å². The molecule has 30 heavy (non-hydrogen) atoms. The van der Waals surface area contributed by atoms with Crippen molar-refractivity contribution in [3.8, 4) is 5.75 Å². The maximum atomic E-state index is 12.6. The zero-order valence-electron chi connectivity index (χ0n) is 16.1. The minimum Gasteiger partial charge on any atom is -0.495 e. The first-order valence-electron chi connectivity index (χ1n) is 8.73. The molecule has 0 atom stereocenters. The van der Waals surface area contributed by atoms with Gasteiger partial charge >= 0.3 is 0 Å². The van der Waals surface area contributed by atoms with Gasteiger partial charge < -0.3 is 10.1 Å². The Morgan fingerprint density at radius 2 is 1.63 bits per heavy atom.